The molecule has 0 aliphatic rings. The van der Waals surface area contributed by atoms with Gasteiger partial charge in [-0.15, -0.1) is 0 Å². The molecule has 0 aliphatic heterocycles. The monoisotopic (exact) mass is 340 g/mol. The highest BCUT2D eigenvalue weighted by atomic mass is 16.6. The molecule has 0 unspecified atom stereocenters. The number of carbonyl (C=O) groups is 1. The van der Waals surface area contributed by atoms with E-state index in [0.717, 1.165) is 11.3 Å². The number of hydrogen-bond donors (Lipinski definition) is 0. The number of ether oxygens (including phenoxy) is 1. The summed E-state index contributed by atoms with van der Waals surface area (Å²) in [5.41, 5.74) is 1.96. The second kappa shape index (κ2) is 6.88. The van der Waals surface area contributed by atoms with Gasteiger partial charge in [-0.25, -0.2) is 4.79 Å². The first-order chi connectivity index (χ1) is 12.0. The summed E-state index contributed by atoms with van der Waals surface area (Å²) in [6, 6.07) is 11.0. The Morgan fingerprint density at radius 1 is 1.24 bits per heavy atom. The molecular weight excluding hydrogens is 320 g/mol. The molecule has 0 fully saturated rings. The van der Waals surface area contributed by atoms with E-state index in [9.17, 15) is 4.79 Å². The van der Waals surface area contributed by atoms with Gasteiger partial charge in [0, 0.05) is 12.6 Å². The van der Waals surface area contributed by atoms with E-state index < -0.39 is 12.1 Å². The lowest BCUT2D eigenvalue weighted by atomic mass is 10.1. The van der Waals surface area contributed by atoms with Gasteiger partial charge in [0.2, 0.25) is 6.10 Å². The Labute approximate surface area is 145 Å². The van der Waals surface area contributed by atoms with Crippen molar-refractivity contribution in [2.24, 2.45) is 7.05 Å². The van der Waals surface area contributed by atoms with Crippen molar-refractivity contribution in [1.29, 1.82) is 0 Å². The minimum atomic E-state index is -0.771. The van der Waals surface area contributed by atoms with Crippen LogP contribution in [0.5, 0.6) is 0 Å². The predicted molar refractivity (Wildman–Crippen MR) is 90.0 cm³/mol. The van der Waals surface area contributed by atoms with Gasteiger partial charge in [-0.05, 0) is 18.9 Å². The molecule has 0 bridgehead atoms. The smallest absolute Gasteiger partial charge is 0.357 e. The van der Waals surface area contributed by atoms with Crippen molar-refractivity contribution in [3.05, 3.63) is 65.1 Å². The van der Waals surface area contributed by atoms with Crippen molar-refractivity contribution in [2.75, 3.05) is 0 Å². The molecule has 0 spiro atoms. The average molecular weight is 340 g/mol. The van der Waals surface area contributed by atoms with E-state index in [-0.39, 0.29) is 11.8 Å². The summed E-state index contributed by atoms with van der Waals surface area (Å²) in [6.07, 6.45) is -0.771. The molecule has 3 rings (SSSR count). The maximum atomic E-state index is 12.7. The van der Waals surface area contributed by atoms with Crippen LogP contribution in [0, 0.1) is 6.92 Å². The van der Waals surface area contributed by atoms with Crippen molar-refractivity contribution in [1.82, 2.24) is 19.9 Å². The van der Waals surface area contributed by atoms with Crippen molar-refractivity contribution < 1.29 is 14.1 Å². The molecule has 0 radical (unpaired) electrons. The van der Waals surface area contributed by atoms with Gasteiger partial charge < -0.3 is 9.26 Å². The molecule has 0 saturated carbocycles. The number of hydrogen-bond acceptors (Lipinski definition) is 6. The quantitative estimate of drug-likeness (QED) is 0.663. The van der Waals surface area contributed by atoms with Gasteiger partial charge >= 0.3 is 5.97 Å². The summed E-state index contributed by atoms with van der Waals surface area (Å²) in [6.45, 7) is 5.75. The fourth-order valence-corrected chi connectivity index (χ4v) is 2.44. The number of carbonyl (C=O) groups excluding carboxylic acids is 1. The number of nitrogens with zero attached hydrogens (tertiary/aromatic N) is 4. The molecular formula is C18H20N4O3. The van der Waals surface area contributed by atoms with Crippen LogP contribution in [0.15, 0.2) is 40.9 Å². The highest BCUT2D eigenvalue weighted by Crippen LogP contribution is 2.26. The second-order valence-electron chi connectivity index (χ2n) is 6.11. The van der Waals surface area contributed by atoms with Crippen molar-refractivity contribution >= 4 is 5.97 Å². The first-order valence-corrected chi connectivity index (χ1v) is 8.05. The Kier molecular flexibility index (Phi) is 4.65. The summed E-state index contributed by atoms with van der Waals surface area (Å²) in [4.78, 5) is 16.9. The van der Waals surface area contributed by atoms with Gasteiger partial charge in [-0.2, -0.15) is 10.1 Å². The first kappa shape index (κ1) is 16.9. The van der Waals surface area contributed by atoms with E-state index in [2.05, 4.69) is 15.2 Å². The Balaban J connectivity index is 1.91. The summed E-state index contributed by atoms with van der Waals surface area (Å²) in [5, 5.41) is 8.15. The van der Waals surface area contributed by atoms with E-state index in [1.54, 1.807) is 20.0 Å². The highest BCUT2D eigenvalue weighted by molar-refractivity contribution is 5.88. The van der Waals surface area contributed by atoms with Crippen LogP contribution in [0.3, 0.4) is 0 Å². The molecule has 3 aromatic rings. The maximum absolute atomic E-state index is 12.7. The number of esters is 1. The SMILES string of the molecule is Cc1noc([C@@H](OC(=O)c2cc(C(C)C)nn2C)c2ccccc2)n1. The van der Waals surface area contributed by atoms with E-state index >= 15 is 0 Å². The van der Waals surface area contributed by atoms with Crippen molar-refractivity contribution in [3.63, 3.8) is 0 Å². The van der Waals surface area contributed by atoms with Gasteiger partial charge in [0.25, 0.3) is 5.89 Å². The second-order valence-corrected chi connectivity index (χ2v) is 6.11. The van der Waals surface area contributed by atoms with E-state index in [0.29, 0.717) is 11.5 Å². The summed E-state index contributed by atoms with van der Waals surface area (Å²) in [5.74, 6) is 0.445. The lowest BCUT2D eigenvalue weighted by molar-refractivity contribution is 0.0302. The molecule has 25 heavy (non-hydrogen) atoms. The zero-order valence-electron chi connectivity index (χ0n) is 14.6. The number of aromatic nitrogens is 4. The molecule has 0 saturated heterocycles. The Morgan fingerprint density at radius 2 is 1.96 bits per heavy atom. The molecule has 130 valence electrons. The molecule has 1 aromatic carbocycles. The fourth-order valence-electron chi connectivity index (χ4n) is 2.44. The predicted octanol–water partition coefficient (Wildman–Crippen LogP) is 3.18. The first-order valence-electron chi connectivity index (χ1n) is 8.05. The van der Waals surface area contributed by atoms with Crippen LogP contribution in [0.4, 0.5) is 0 Å². The van der Waals surface area contributed by atoms with E-state index in [4.69, 9.17) is 9.26 Å². The van der Waals surface area contributed by atoms with Gasteiger partial charge in [0.05, 0.1) is 5.69 Å². The van der Waals surface area contributed by atoms with Crippen LogP contribution in [0.25, 0.3) is 0 Å². The summed E-state index contributed by atoms with van der Waals surface area (Å²) < 4.78 is 12.5. The molecule has 2 aromatic heterocycles. The molecule has 2 heterocycles. The van der Waals surface area contributed by atoms with Crippen LogP contribution in [-0.2, 0) is 11.8 Å². The normalized spacial score (nSPS) is 12.4. The fraction of sp³-hybridized carbons (Fsp3) is 0.333. The zero-order valence-corrected chi connectivity index (χ0v) is 14.6. The number of rotatable bonds is 5. The van der Waals surface area contributed by atoms with Gasteiger partial charge in [0.15, 0.2) is 5.82 Å². The number of benzene rings is 1. The Morgan fingerprint density at radius 3 is 2.52 bits per heavy atom. The molecule has 0 aliphatic carbocycles. The largest absolute Gasteiger partial charge is 0.443 e. The maximum Gasteiger partial charge on any atom is 0.357 e. The third-order valence-electron chi connectivity index (χ3n) is 3.79. The Hall–Kier alpha value is -2.96. The van der Waals surface area contributed by atoms with Crippen LogP contribution < -0.4 is 0 Å². The molecule has 1 atom stereocenters. The van der Waals surface area contributed by atoms with Crippen LogP contribution in [0.1, 0.15) is 59.3 Å². The average Bonchev–Trinajstić information content (AvgIpc) is 3.19. The zero-order chi connectivity index (χ0) is 18.0. The molecule has 7 nitrogen and oxygen atoms in total. The molecule has 0 amide bonds. The highest BCUT2D eigenvalue weighted by Gasteiger charge is 2.27. The minimum Gasteiger partial charge on any atom is -0.443 e. The van der Waals surface area contributed by atoms with Crippen LogP contribution in [-0.4, -0.2) is 25.9 Å². The third kappa shape index (κ3) is 3.60. The minimum absolute atomic E-state index is 0.219. The van der Waals surface area contributed by atoms with Gasteiger partial charge in [0.1, 0.15) is 5.69 Å². The summed E-state index contributed by atoms with van der Waals surface area (Å²) >= 11 is 0. The lowest BCUT2D eigenvalue weighted by Gasteiger charge is -2.14. The number of aryl methyl sites for hydroxylation is 2. The molecule has 0 N–H and O–H groups in total. The topological polar surface area (TPSA) is 83.0 Å². The molecule has 7 heteroatoms. The summed E-state index contributed by atoms with van der Waals surface area (Å²) in [7, 11) is 1.72. The van der Waals surface area contributed by atoms with Crippen molar-refractivity contribution in [3.8, 4) is 0 Å². The van der Waals surface area contributed by atoms with Crippen LogP contribution >= 0.6 is 0 Å². The third-order valence-corrected chi connectivity index (χ3v) is 3.79. The van der Waals surface area contributed by atoms with E-state index in [1.165, 1.54) is 4.68 Å². The standard InChI is InChI=1S/C18H20N4O3/c1-11(2)14-10-15(22(4)20-14)18(23)24-16(13-8-6-5-7-9-13)17-19-12(3)21-25-17/h5-11,16H,1-4H3/t16-/m0/s1. The van der Waals surface area contributed by atoms with Gasteiger partial charge in [-0.3, -0.25) is 4.68 Å². The van der Waals surface area contributed by atoms with Crippen LogP contribution in [0.2, 0.25) is 0 Å². The lowest BCUT2D eigenvalue weighted by Crippen LogP contribution is -2.16. The van der Waals surface area contributed by atoms with E-state index in [1.807, 2.05) is 44.2 Å². The Bertz CT molecular complexity index is 868. The van der Waals surface area contributed by atoms with Gasteiger partial charge in [-0.1, -0.05) is 49.3 Å². The van der Waals surface area contributed by atoms with Crippen molar-refractivity contribution in [2.45, 2.75) is 32.8 Å².